The lowest BCUT2D eigenvalue weighted by atomic mass is 9.96. The Bertz CT molecular complexity index is 688. The third kappa shape index (κ3) is 9.90. The lowest BCUT2D eigenvalue weighted by molar-refractivity contribution is -0.274. The molecule has 1 amide bonds. The first-order valence-corrected chi connectivity index (χ1v) is 8.88. The van der Waals surface area contributed by atoms with E-state index in [1.165, 1.54) is 25.3 Å². The molecule has 156 valence electrons. The van der Waals surface area contributed by atoms with E-state index in [1.54, 1.807) is 0 Å². The molecule has 1 saturated carbocycles. The van der Waals surface area contributed by atoms with E-state index in [0.717, 1.165) is 31.0 Å². The molecule has 0 heterocycles. The number of hydrogen-bond donors (Lipinski definition) is 2. The summed E-state index contributed by atoms with van der Waals surface area (Å²) in [6, 6.07) is 4.71. The standard InChI is InChI=1S/C11H21NO2.C8H4F3NO2/c1-11(2,3)14-10(13)12-9-7-5-4-6-8-9;9-8(10,11)14-7-3-6(13)2-1-5(7)4-12/h9H,4-8H2,1-3H3,(H,12,13);1-3,13H. The monoisotopic (exact) mass is 402 g/mol. The molecule has 2 rings (SSSR count). The minimum absolute atomic E-state index is 0.274. The van der Waals surface area contributed by atoms with E-state index in [9.17, 15) is 18.0 Å². The van der Waals surface area contributed by atoms with Gasteiger partial charge in [0.1, 0.15) is 17.4 Å². The van der Waals surface area contributed by atoms with Gasteiger partial charge in [-0.15, -0.1) is 13.2 Å². The number of nitriles is 1. The summed E-state index contributed by atoms with van der Waals surface area (Å²) >= 11 is 0. The second kappa shape index (κ2) is 10.1. The number of carbonyl (C=O) groups is 1. The molecule has 6 nitrogen and oxygen atoms in total. The van der Waals surface area contributed by atoms with Crippen molar-refractivity contribution in [2.75, 3.05) is 0 Å². The zero-order chi connectivity index (χ0) is 21.4. The molecular weight excluding hydrogens is 377 g/mol. The van der Waals surface area contributed by atoms with Gasteiger partial charge in [0, 0.05) is 12.1 Å². The van der Waals surface area contributed by atoms with Crippen LogP contribution in [-0.4, -0.2) is 29.2 Å². The molecule has 0 atom stereocenters. The average molecular weight is 402 g/mol. The third-order valence-electron chi connectivity index (χ3n) is 3.64. The maximum Gasteiger partial charge on any atom is 0.573 e. The van der Waals surface area contributed by atoms with Gasteiger partial charge in [0.15, 0.2) is 5.75 Å². The van der Waals surface area contributed by atoms with Crippen LogP contribution in [0.1, 0.15) is 58.4 Å². The molecule has 0 aliphatic heterocycles. The molecule has 0 radical (unpaired) electrons. The molecule has 2 N–H and O–H groups in total. The number of hydrogen-bond acceptors (Lipinski definition) is 5. The molecule has 1 aliphatic rings. The summed E-state index contributed by atoms with van der Waals surface area (Å²) in [6.45, 7) is 5.65. The normalized spacial score (nSPS) is 14.9. The van der Waals surface area contributed by atoms with Crippen molar-refractivity contribution in [1.29, 1.82) is 5.26 Å². The SMILES string of the molecule is CC(C)(C)OC(=O)NC1CCCCC1.N#Cc1ccc(O)cc1OC(F)(F)F. The van der Waals surface area contributed by atoms with Crippen molar-refractivity contribution in [3.8, 4) is 17.6 Å². The predicted octanol–water partition coefficient (Wildman–Crippen LogP) is 5.01. The van der Waals surface area contributed by atoms with Crippen LogP contribution in [0.3, 0.4) is 0 Å². The molecule has 0 spiro atoms. The second-order valence-electron chi connectivity index (χ2n) is 7.32. The van der Waals surface area contributed by atoms with Gasteiger partial charge in [-0.3, -0.25) is 0 Å². The largest absolute Gasteiger partial charge is 0.573 e. The van der Waals surface area contributed by atoms with Gasteiger partial charge >= 0.3 is 12.5 Å². The average Bonchev–Trinajstić information content (AvgIpc) is 2.53. The Morgan fingerprint density at radius 3 is 2.32 bits per heavy atom. The Balaban J connectivity index is 0.000000280. The van der Waals surface area contributed by atoms with Crippen molar-refractivity contribution in [1.82, 2.24) is 5.32 Å². The van der Waals surface area contributed by atoms with E-state index in [2.05, 4.69) is 10.1 Å². The summed E-state index contributed by atoms with van der Waals surface area (Å²) in [4.78, 5) is 11.4. The number of nitrogens with one attached hydrogen (secondary N) is 1. The highest BCUT2D eigenvalue weighted by Gasteiger charge is 2.32. The fourth-order valence-electron chi connectivity index (χ4n) is 2.53. The van der Waals surface area contributed by atoms with Gasteiger partial charge in [0.2, 0.25) is 0 Å². The van der Waals surface area contributed by atoms with E-state index in [1.807, 2.05) is 20.8 Å². The van der Waals surface area contributed by atoms with E-state index in [4.69, 9.17) is 15.1 Å². The number of amides is 1. The summed E-state index contributed by atoms with van der Waals surface area (Å²) in [6.07, 6.45) is 0.787. The number of aromatic hydroxyl groups is 1. The van der Waals surface area contributed by atoms with Crippen molar-refractivity contribution < 1.29 is 32.5 Å². The lowest BCUT2D eigenvalue weighted by Crippen LogP contribution is -2.39. The molecule has 0 aromatic heterocycles. The zero-order valence-corrected chi connectivity index (χ0v) is 16.1. The van der Waals surface area contributed by atoms with Crippen LogP contribution in [0.25, 0.3) is 0 Å². The molecule has 1 aromatic carbocycles. The topological polar surface area (TPSA) is 91.6 Å². The molecule has 1 aromatic rings. The Labute approximate surface area is 162 Å². The number of rotatable bonds is 2. The highest BCUT2D eigenvalue weighted by molar-refractivity contribution is 5.68. The minimum Gasteiger partial charge on any atom is -0.508 e. The Morgan fingerprint density at radius 2 is 1.82 bits per heavy atom. The number of carbonyl (C=O) groups excluding carboxylic acids is 1. The van der Waals surface area contributed by atoms with Crippen LogP contribution in [0.5, 0.6) is 11.5 Å². The summed E-state index contributed by atoms with van der Waals surface area (Å²) in [5.74, 6) is -1.11. The van der Waals surface area contributed by atoms with Gasteiger partial charge in [-0.1, -0.05) is 19.3 Å². The van der Waals surface area contributed by atoms with Crippen LogP contribution in [0, 0.1) is 11.3 Å². The van der Waals surface area contributed by atoms with Gasteiger partial charge in [0.25, 0.3) is 0 Å². The van der Waals surface area contributed by atoms with E-state index in [0.29, 0.717) is 6.04 Å². The molecule has 28 heavy (non-hydrogen) atoms. The highest BCUT2D eigenvalue weighted by Crippen LogP contribution is 2.29. The first-order chi connectivity index (χ1) is 12.9. The molecular formula is C19H25F3N2O4. The summed E-state index contributed by atoms with van der Waals surface area (Å²) in [5.41, 5.74) is -0.682. The number of benzene rings is 1. The number of halogens is 3. The van der Waals surface area contributed by atoms with Crippen LogP contribution in [0.4, 0.5) is 18.0 Å². The molecule has 0 unspecified atom stereocenters. The summed E-state index contributed by atoms with van der Waals surface area (Å²) in [7, 11) is 0. The number of phenolic OH excluding ortho intramolecular Hbond substituents is 1. The second-order valence-corrected chi connectivity index (χ2v) is 7.32. The predicted molar refractivity (Wildman–Crippen MR) is 95.7 cm³/mol. The van der Waals surface area contributed by atoms with Crippen molar-refractivity contribution in [2.45, 2.75) is 70.9 Å². The van der Waals surface area contributed by atoms with Gasteiger partial charge in [-0.2, -0.15) is 5.26 Å². The van der Waals surface area contributed by atoms with Gasteiger partial charge in [-0.05, 0) is 45.7 Å². The van der Waals surface area contributed by atoms with Gasteiger partial charge in [-0.25, -0.2) is 4.79 Å². The third-order valence-corrected chi connectivity index (χ3v) is 3.64. The number of ether oxygens (including phenoxy) is 2. The number of alkyl carbamates (subject to hydrolysis) is 1. The Hall–Kier alpha value is -2.63. The maximum absolute atomic E-state index is 11.8. The van der Waals surface area contributed by atoms with Crippen molar-refractivity contribution in [3.05, 3.63) is 23.8 Å². The smallest absolute Gasteiger partial charge is 0.508 e. The van der Waals surface area contributed by atoms with Crippen molar-refractivity contribution in [3.63, 3.8) is 0 Å². The first-order valence-electron chi connectivity index (χ1n) is 8.88. The van der Waals surface area contributed by atoms with Crippen LogP contribution in [0.2, 0.25) is 0 Å². The molecule has 9 heteroatoms. The molecule has 1 aliphatic carbocycles. The van der Waals surface area contributed by atoms with Crippen LogP contribution in [0.15, 0.2) is 18.2 Å². The summed E-state index contributed by atoms with van der Waals surface area (Å²) in [5, 5.41) is 20.2. The molecule has 0 bridgehead atoms. The van der Waals surface area contributed by atoms with E-state index < -0.39 is 23.5 Å². The number of nitrogens with zero attached hydrogens (tertiary/aromatic N) is 1. The summed E-state index contributed by atoms with van der Waals surface area (Å²) < 4.78 is 44.0. The molecule has 0 saturated heterocycles. The number of alkyl halides is 3. The van der Waals surface area contributed by atoms with Gasteiger partial charge < -0.3 is 19.9 Å². The Kier molecular flexibility index (Phi) is 8.41. The zero-order valence-electron chi connectivity index (χ0n) is 16.1. The Morgan fingerprint density at radius 1 is 1.21 bits per heavy atom. The van der Waals surface area contributed by atoms with Gasteiger partial charge in [0.05, 0.1) is 5.56 Å². The van der Waals surface area contributed by atoms with E-state index in [-0.39, 0.29) is 11.7 Å². The quantitative estimate of drug-likeness (QED) is 0.726. The first kappa shape index (κ1) is 23.4. The van der Waals surface area contributed by atoms with E-state index >= 15 is 0 Å². The fraction of sp³-hybridized carbons (Fsp3) is 0.579. The maximum atomic E-state index is 11.8. The van der Waals surface area contributed by atoms with Crippen LogP contribution in [-0.2, 0) is 4.74 Å². The molecule has 1 fully saturated rings. The van der Waals surface area contributed by atoms with Crippen molar-refractivity contribution in [2.24, 2.45) is 0 Å². The fourth-order valence-corrected chi connectivity index (χ4v) is 2.53. The van der Waals surface area contributed by atoms with Crippen molar-refractivity contribution >= 4 is 6.09 Å². The van der Waals surface area contributed by atoms with Crippen LogP contribution >= 0.6 is 0 Å². The highest BCUT2D eigenvalue weighted by atomic mass is 19.4. The minimum atomic E-state index is -4.88. The lowest BCUT2D eigenvalue weighted by Gasteiger charge is -2.25. The van der Waals surface area contributed by atoms with Crippen LogP contribution < -0.4 is 10.1 Å². The number of phenols is 1.